The molecule has 1 aromatic heterocycles. The largest absolute Gasteiger partial charge is 0.347 e. The zero-order valence-electron chi connectivity index (χ0n) is 9.13. The average molecular weight is 280 g/mol. The Morgan fingerprint density at radius 1 is 1.38 bits per heavy atom. The van der Waals surface area contributed by atoms with E-state index in [0.717, 1.165) is 23.3 Å². The minimum absolute atomic E-state index is 0.815. The lowest BCUT2D eigenvalue weighted by Crippen LogP contribution is -2.12. The number of aryl methyl sites for hydroxylation is 1. The van der Waals surface area contributed by atoms with Gasteiger partial charge in [0, 0.05) is 29.5 Å². The number of nitrogens with zero attached hydrogens (tertiary/aromatic N) is 1. The summed E-state index contributed by atoms with van der Waals surface area (Å²) in [6.45, 7) is 3.78. The van der Waals surface area contributed by atoms with Gasteiger partial charge in [-0.05, 0) is 24.1 Å². The molecule has 0 spiro atoms. The smallest absolute Gasteiger partial charge is 0.0922 e. The lowest BCUT2D eigenvalue weighted by molar-refractivity contribution is 0.682. The topological polar surface area (TPSA) is 40.7 Å². The predicted octanol–water partition coefficient (Wildman–Crippen LogP) is 2.77. The lowest BCUT2D eigenvalue weighted by atomic mass is 10.1. The summed E-state index contributed by atoms with van der Waals surface area (Å²) in [7, 11) is 0. The molecule has 0 fully saturated rings. The maximum Gasteiger partial charge on any atom is 0.0922 e. The van der Waals surface area contributed by atoms with E-state index in [2.05, 4.69) is 56.3 Å². The maximum absolute atomic E-state index is 3.97. The molecule has 0 radical (unpaired) electrons. The van der Waals surface area contributed by atoms with Gasteiger partial charge in [0.15, 0.2) is 0 Å². The molecule has 0 amide bonds. The van der Waals surface area contributed by atoms with Crippen LogP contribution in [0.2, 0.25) is 0 Å². The van der Waals surface area contributed by atoms with E-state index in [-0.39, 0.29) is 0 Å². The molecule has 1 heterocycles. The van der Waals surface area contributed by atoms with Crippen LogP contribution in [0, 0.1) is 6.92 Å². The summed E-state index contributed by atoms with van der Waals surface area (Å²) in [5.41, 5.74) is 3.66. The first-order chi connectivity index (χ1) is 7.75. The second-order valence-electron chi connectivity index (χ2n) is 3.76. The standard InChI is InChI=1S/C12H14BrN3/c1-9-4-10(2-3-12(9)13)5-14-6-11-7-15-8-16-11/h2-4,7-8,14H,5-6H2,1H3,(H,15,16). The molecule has 1 aromatic carbocycles. The van der Waals surface area contributed by atoms with Crippen LogP contribution in [0.5, 0.6) is 0 Å². The summed E-state index contributed by atoms with van der Waals surface area (Å²) in [6, 6.07) is 6.39. The van der Waals surface area contributed by atoms with Crippen LogP contribution in [0.3, 0.4) is 0 Å². The van der Waals surface area contributed by atoms with Gasteiger partial charge in [-0.3, -0.25) is 0 Å². The highest BCUT2D eigenvalue weighted by Crippen LogP contribution is 2.16. The lowest BCUT2D eigenvalue weighted by Gasteiger charge is -2.05. The Morgan fingerprint density at radius 3 is 2.94 bits per heavy atom. The van der Waals surface area contributed by atoms with Crippen molar-refractivity contribution in [2.24, 2.45) is 0 Å². The van der Waals surface area contributed by atoms with Gasteiger partial charge in [0.25, 0.3) is 0 Å². The molecule has 0 bridgehead atoms. The number of hydrogen-bond donors (Lipinski definition) is 2. The van der Waals surface area contributed by atoms with Crippen LogP contribution in [0.15, 0.2) is 35.2 Å². The van der Waals surface area contributed by atoms with Crippen molar-refractivity contribution >= 4 is 15.9 Å². The molecule has 4 heteroatoms. The van der Waals surface area contributed by atoms with Crippen molar-refractivity contribution in [1.82, 2.24) is 15.3 Å². The third-order valence-corrected chi connectivity index (χ3v) is 3.31. The highest BCUT2D eigenvalue weighted by Gasteiger charge is 1.98. The van der Waals surface area contributed by atoms with Crippen molar-refractivity contribution in [3.05, 3.63) is 52.0 Å². The van der Waals surface area contributed by atoms with E-state index >= 15 is 0 Å². The molecule has 2 aromatic rings. The molecule has 0 saturated carbocycles. The maximum atomic E-state index is 3.97. The Bertz CT molecular complexity index is 451. The van der Waals surface area contributed by atoms with E-state index in [0.29, 0.717) is 0 Å². The van der Waals surface area contributed by atoms with E-state index in [4.69, 9.17) is 0 Å². The normalized spacial score (nSPS) is 10.6. The first-order valence-corrected chi connectivity index (χ1v) is 5.98. The number of nitrogens with one attached hydrogen (secondary N) is 2. The van der Waals surface area contributed by atoms with Crippen molar-refractivity contribution < 1.29 is 0 Å². The first-order valence-electron chi connectivity index (χ1n) is 5.18. The number of hydrogen-bond acceptors (Lipinski definition) is 2. The Labute approximate surface area is 103 Å². The third-order valence-electron chi connectivity index (χ3n) is 2.42. The quantitative estimate of drug-likeness (QED) is 0.904. The molecule has 84 valence electrons. The van der Waals surface area contributed by atoms with Gasteiger partial charge in [0.1, 0.15) is 0 Å². The van der Waals surface area contributed by atoms with E-state index in [1.807, 2.05) is 6.20 Å². The Morgan fingerprint density at radius 2 is 2.25 bits per heavy atom. The summed E-state index contributed by atoms with van der Waals surface area (Å²) >= 11 is 3.50. The van der Waals surface area contributed by atoms with Crippen molar-refractivity contribution in [2.75, 3.05) is 0 Å². The molecule has 0 aliphatic rings. The number of imidazole rings is 1. The number of rotatable bonds is 4. The second-order valence-corrected chi connectivity index (χ2v) is 4.62. The Kier molecular flexibility index (Phi) is 3.74. The molecule has 2 rings (SSSR count). The molecular formula is C12H14BrN3. The van der Waals surface area contributed by atoms with Gasteiger partial charge in [-0.2, -0.15) is 0 Å². The van der Waals surface area contributed by atoms with Gasteiger partial charge in [-0.1, -0.05) is 28.1 Å². The minimum Gasteiger partial charge on any atom is -0.347 e. The monoisotopic (exact) mass is 279 g/mol. The van der Waals surface area contributed by atoms with Gasteiger partial charge in [0.2, 0.25) is 0 Å². The Balaban J connectivity index is 1.87. The Hall–Kier alpha value is -1.13. The fourth-order valence-electron chi connectivity index (χ4n) is 1.54. The molecule has 0 aliphatic carbocycles. The molecule has 3 nitrogen and oxygen atoms in total. The van der Waals surface area contributed by atoms with Gasteiger partial charge in [-0.15, -0.1) is 0 Å². The molecule has 0 aliphatic heterocycles. The zero-order valence-corrected chi connectivity index (χ0v) is 10.7. The summed E-state index contributed by atoms with van der Waals surface area (Å²) in [4.78, 5) is 7.03. The number of halogens is 1. The van der Waals surface area contributed by atoms with Gasteiger partial charge in [-0.25, -0.2) is 4.98 Å². The number of aromatic nitrogens is 2. The molecule has 0 unspecified atom stereocenters. The number of aromatic amines is 1. The van der Waals surface area contributed by atoms with Crippen molar-refractivity contribution in [3.8, 4) is 0 Å². The van der Waals surface area contributed by atoms with E-state index < -0.39 is 0 Å². The van der Waals surface area contributed by atoms with Crippen LogP contribution in [0.4, 0.5) is 0 Å². The van der Waals surface area contributed by atoms with Crippen LogP contribution >= 0.6 is 15.9 Å². The number of benzene rings is 1. The molecule has 0 atom stereocenters. The van der Waals surface area contributed by atoms with Crippen molar-refractivity contribution in [3.63, 3.8) is 0 Å². The fraction of sp³-hybridized carbons (Fsp3) is 0.250. The highest BCUT2D eigenvalue weighted by molar-refractivity contribution is 9.10. The van der Waals surface area contributed by atoms with Crippen LogP contribution in [-0.2, 0) is 13.1 Å². The molecular weight excluding hydrogens is 266 g/mol. The van der Waals surface area contributed by atoms with Crippen molar-refractivity contribution in [1.29, 1.82) is 0 Å². The van der Waals surface area contributed by atoms with E-state index in [9.17, 15) is 0 Å². The summed E-state index contributed by atoms with van der Waals surface area (Å²) < 4.78 is 1.16. The van der Waals surface area contributed by atoms with Gasteiger partial charge >= 0.3 is 0 Å². The zero-order chi connectivity index (χ0) is 11.4. The van der Waals surface area contributed by atoms with E-state index in [1.54, 1.807) is 6.33 Å². The SMILES string of the molecule is Cc1cc(CNCc2cnc[nH]2)ccc1Br. The van der Waals surface area contributed by atoms with E-state index in [1.165, 1.54) is 11.1 Å². The van der Waals surface area contributed by atoms with Crippen LogP contribution in [-0.4, -0.2) is 9.97 Å². The van der Waals surface area contributed by atoms with Crippen LogP contribution < -0.4 is 5.32 Å². The first kappa shape index (κ1) is 11.4. The molecule has 2 N–H and O–H groups in total. The highest BCUT2D eigenvalue weighted by atomic mass is 79.9. The summed E-state index contributed by atoms with van der Waals surface area (Å²) in [5, 5.41) is 3.36. The second kappa shape index (κ2) is 5.27. The summed E-state index contributed by atoms with van der Waals surface area (Å²) in [6.07, 6.45) is 3.53. The van der Waals surface area contributed by atoms with Gasteiger partial charge in [0.05, 0.1) is 6.33 Å². The van der Waals surface area contributed by atoms with Crippen LogP contribution in [0.1, 0.15) is 16.8 Å². The fourth-order valence-corrected chi connectivity index (χ4v) is 1.79. The van der Waals surface area contributed by atoms with Crippen molar-refractivity contribution in [2.45, 2.75) is 20.0 Å². The third kappa shape index (κ3) is 2.93. The average Bonchev–Trinajstić information content (AvgIpc) is 2.76. The predicted molar refractivity (Wildman–Crippen MR) is 68.0 cm³/mol. The molecule has 0 saturated heterocycles. The van der Waals surface area contributed by atoms with Gasteiger partial charge < -0.3 is 10.3 Å². The van der Waals surface area contributed by atoms with Crippen LogP contribution in [0.25, 0.3) is 0 Å². The number of H-pyrrole nitrogens is 1. The summed E-state index contributed by atoms with van der Waals surface area (Å²) in [5.74, 6) is 0. The minimum atomic E-state index is 0.815. The molecule has 16 heavy (non-hydrogen) atoms.